The second-order valence-electron chi connectivity index (χ2n) is 3.94. The molecule has 1 aromatic heterocycles. The molecule has 0 bridgehead atoms. The third-order valence-corrected chi connectivity index (χ3v) is 2.80. The van der Waals surface area contributed by atoms with E-state index in [4.69, 9.17) is 0 Å². The fourth-order valence-electron chi connectivity index (χ4n) is 2.02. The molecule has 0 saturated carbocycles. The lowest BCUT2D eigenvalue weighted by Crippen LogP contribution is -2.07. The van der Waals surface area contributed by atoms with Gasteiger partial charge in [-0.05, 0) is 29.3 Å². The van der Waals surface area contributed by atoms with Gasteiger partial charge in [0, 0.05) is 0 Å². The minimum atomic E-state index is -0.329. The van der Waals surface area contributed by atoms with E-state index in [-0.39, 0.29) is 11.4 Å². The van der Waals surface area contributed by atoms with Crippen molar-refractivity contribution >= 4 is 10.9 Å². The third-order valence-electron chi connectivity index (χ3n) is 2.80. The average Bonchev–Trinajstić information content (AvgIpc) is 2.38. The SMILES string of the molecule is O=c1[nH]cnc2cccc(-c3cccc(F)c3)c12. The van der Waals surface area contributed by atoms with Gasteiger partial charge in [-0.25, -0.2) is 9.37 Å². The van der Waals surface area contributed by atoms with Gasteiger partial charge in [0.15, 0.2) is 0 Å². The Morgan fingerprint density at radius 3 is 2.78 bits per heavy atom. The zero-order valence-electron chi connectivity index (χ0n) is 9.35. The molecule has 0 aliphatic carbocycles. The van der Waals surface area contributed by atoms with Crippen LogP contribution in [0.4, 0.5) is 4.39 Å². The summed E-state index contributed by atoms with van der Waals surface area (Å²) in [6.07, 6.45) is 1.36. The van der Waals surface area contributed by atoms with Crippen LogP contribution in [0.15, 0.2) is 53.6 Å². The summed E-state index contributed by atoms with van der Waals surface area (Å²) in [7, 11) is 0. The van der Waals surface area contributed by atoms with Crippen LogP contribution in [-0.4, -0.2) is 9.97 Å². The maximum Gasteiger partial charge on any atom is 0.259 e. The zero-order chi connectivity index (χ0) is 12.5. The normalized spacial score (nSPS) is 10.7. The Bertz CT molecular complexity index is 775. The molecule has 0 unspecified atom stereocenters. The lowest BCUT2D eigenvalue weighted by molar-refractivity contribution is 0.628. The summed E-state index contributed by atoms with van der Waals surface area (Å²) in [4.78, 5) is 18.5. The Morgan fingerprint density at radius 1 is 1.11 bits per heavy atom. The van der Waals surface area contributed by atoms with Gasteiger partial charge in [-0.15, -0.1) is 0 Å². The molecule has 1 heterocycles. The molecule has 3 rings (SSSR count). The van der Waals surface area contributed by atoms with Crippen LogP contribution in [0.2, 0.25) is 0 Å². The Labute approximate surface area is 102 Å². The molecule has 0 fully saturated rings. The van der Waals surface area contributed by atoms with Gasteiger partial charge >= 0.3 is 0 Å². The van der Waals surface area contributed by atoms with E-state index in [1.165, 1.54) is 18.5 Å². The topological polar surface area (TPSA) is 45.8 Å². The van der Waals surface area contributed by atoms with E-state index in [2.05, 4.69) is 9.97 Å². The monoisotopic (exact) mass is 240 g/mol. The standard InChI is InChI=1S/C14H9FN2O/c15-10-4-1-3-9(7-10)11-5-2-6-12-13(11)14(18)17-8-16-12/h1-8H,(H,16,17,18). The van der Waals surface area contributed by atoms with Crippen molar-refractivity contribution in [3.63, 3.8) is 0 Å². The van der Waals surface area contributed by atoms with Crippen LogP contribution >= 0.6 is 0 Å². The van der Waals surface area contributed by atoms with Crippen LogP contribution < -0.4 is 5.56 Å². The molecule has 0 atom stereocenters. The van der Waals surface area contributed by atoms with Gasteiger partial charge in [0.05, 0.1) is 17.2 Å². The van der Waals surface area contributed by atoms with Crippen molar-refractivity contribution in [3.05, 3.63) is 65.0 Å². The smallest absolute Gasteiger partial charge is 0.259 e. The minimum Gasteiger partial charge on any atom is -0.313 e. The number of aromatic nitrogens is 2. The Kier molecular flexibility index (Phi) is 2.41. The Morgan fingerprint density at radius 2 is 1.94 bits per heavy atom. The van der Waals surface area contributed by atoms with Crippen molar-refractivity contribution in [2.45, 2.75) is 0 Å². The molecule has 0 amide bonds. The second-order valence-corrected chi connectivity index (χ2v) is 3.94. The maximum absolute atomic E-state index is 13.3. The second kappa shape index (κ2) is 4.07. The Balaban J connectivity index is 2.40. The van der Waals surface area contributed by atoms with E-state index in [1.54, 1.807) is 30.3 Å². The number of hydrogen-bond acceptors (Lipinski definition) is 2. The molecule has 0 saturated heterocycles. The summed E-state index contributed by atoms with van der Waals surface area (Å²) in [5, 5.41) is 0.477. The lowest BCUT2D eigenvalue weighted by atomic mass is 10.0. The summed E-state index contributed by atoms with van der Waals surface area (Å²) in [5.41, 5.74) is 1.72. The summed E-state index contributed by atoms with van der Waals surface area (Å²) in [5.74, 6) is -0.329. The van der Waals surface area contributed by atoms with Crippen LogP contribution in [0, 0.1) is 5.82 Å². The van der Waals surface area contributed by atoms with Crippen LogP contribution in [0.1, 0.15) is 0 Å². The fraction of sp³-hybridized carbons (Fsp3) is 0. The minimum absolute atomic E-state index is 0.222. The van der Waals surface area contributed by atoms with Gasteiger partial charge in [-0.1, -0.05) is 24.3 Å². The average molecular weight is 240 g/mol. The molecule has 1 N–H and O–H groups in total. The molecule has 0 spiro atoms. The van der Waals surface area contributed by atoms with Crippen LogP contribution in [0.3, 0.4) is 0 Å². The van der Waals surface area contributed by atoms with Crippen molar-refractivity contribution in [1.29, 1.82) is 0 Å². The molecule has 4 heteroatoms. The van der Waals surface area contributed by atoms with Crippen molar-refractivity contribution in [3.8, 4) is 11.1 Å². The van der Waals surface area contributed by atoms with Crippen molar-refractivity contribution < 1.29 is 4.39 Å². The van der Waals surface area contributed by atoms with Gasteiger partial charge < -0.3 is 4.98 Å². The van der Waals surface area contributed by atoms with Crippen molar-refractivity contribution in [1.82, 2.24) is 9.97 Å². The van der Waals surface area contributed by atoms with E-state index in [0.717, 1.165) is 0 Å². The predicted octanol–water partition coefficient (Wildman–Crippen LogP) is 2.73. The van der Waals surface area contributed by atoms with Gasteiger partial charge in [0.1, 0.15) is 5.82 Å². The highest BCUT2D eigenvalue weighted by Crippen LogP contribution is 2.25. The van der Waals surface area contributed by atoms with Crippen molar-refractivity contribution in [2.24, 2.45) is 0 Å². The molecule has 0 aliphatic heterocycles. The molecule has 88 valence electrons. The predicted molar refractivity (Wildman–Crippen MR) is 67.8 cm³/mol. The highest BCUT2D eigenvalue weighted by Gasteiger charge is 2.08. The molecule has 3 aromatic rings. The van der Waals surface area contributed by atoms with Gasteiger partial charge in [0.25, 0.3) is 5.56 Å². The molecule has 0 aliphatic rings. The number of halogens is 1. The molecular weight excluding hydrogens is 231 g/mol. The van der Waals surface area contributed by atoms with E-state index in [0.29, 0.717) is 22.0 Å². The number of nitrogens with one attached hydrogen (secondary N) is 1. The molecule has 3 nitrogen and oxygen atoms in total. The highest BCUT2D eigenvalue weighted by molar-refractivity contribution is 5.93. The van der Waals surface area contributed by atoms with Crippen molar-refractivity contribution in [2.75, 3.05) is 0 Å². The number of nitrogens with zero attached hydrogens (tertiary/aromatic N) is 1. The summed E-state index contributed by atoms with van der Waals surface area (Å²) >= 11 is 0. The first kappa shape index (κ1) is 10.7. The lowest BCUT2D eigenvalue weighted by Gasteiger charge is -2.05. The maximum atomic E-state index is 13.3. The summed E-state index contributed by atoms with van der Waals surface area (Å²) in [6, 6.07) is 11.5. The van der Waals surface area contributed by atoms with E-state index < -0.39 is 0 Å². The van der Waals surface area contributed by atoms with E-state index in [1.807, 2.05) is 0 Å². The summed E-state index contributed by atoms with van der Waals surface area (Å²) in [6.45, 7) is 0. The number of H-pyrrole nitrogens is 1. The largest absolute Gasteiger partial charge is 0.313 e. The molecular formula is C14H9FN2O. The fourth-order valence-corrected chi connectivity index (χ4v) is 2.02. The molecule has 0 radical (unpaired) electrons. The van der Waals surface area contributed by atoms with Crippen LogP contribution in [0.5, 0.6) is 0 Å². The number of aromatic amines is 1. The number of benzene rings is 2. The van der Waals surface area contributed by atoms with Gasteiger partial charge in [0.2, 0.25) is 0 Å². The first-order chi connectivity index (χ1) is 8.75. The highest BCUT2D eigenvalue weighted by atomic mass is 19.1. The number of hydrogen-bond donors (Lipinski definition) is 1. The van der Waals surface area contributed by atoms with Crippen LogP contribution in [0.25, 0.3) is 22.0 Å². The van der Waals surface area contributed by atoms with Gasteiger partial charge in [-0.2, -0.15) is 0 Å². The zero-order valence-corrected chi connectivity index (χ0v) is 9.35. The summed E-state index contributed by atoms with van der Waals surface area (Å²) < 4.78 is 13.3. The quantitative estimate of drug-likeness (QED) is 0.710. The third kappa shape index (κ3) is 1.68. The first-order valence-electron chi connectivity index (χ1n) is 5.48. The Hall–Kier alpha value is -2.49. The number of rotatable bonds is 1. The molecule has 18 heavy (non-hydrogen) atoms. The van der Waals surface area contributed by atoms with E-state index >= 15 is 0 Å². The van der Waals surface area contributed by atoms with Gasteiger partial charge in [-0.3, -0.25) is 4.79 Å². The first-order valence-corrected chi connectivity index (χ1v) is 5.48. The molecule has 2 aromatic carbocycles. The van der Waals surface area contributed by atoms with E-state index in [9.17, 15) is 9.18 Å². The number of fused-ring (bicyclic) bond motifs is 1. The van der Waals surface area contributed by atoms with Crippen LogP contribution in [-0.2, 0) is 0 Å².